The van der Waals surface area contributed by atoms with E-state index in [2.05, 4.69) is 304 Å². The summed E-state index contributed by atoms with van der Waals surface area (Å²) in [6, 6.07) is 74.9. The topological polar surface area (TPSA) is 38.7 Å². The van der Waals surface area contributed by atoms with E-state index >= 15 is 0 Å². The normalized spacial score (nSPS) is 16.3. The van der Waals surface area contributed by atoms with Gasteiger partial charge < -0.3 is 0 Å². The largest absolute Gasteiger partial charge is 0.256 e. The van der Waals surface area contributed by atoms with Crippen LogP contribution in [0.3, 0.4) is 0 Å². The first-order valence-corrected chi connectivity index (χ1v) is 36.4. The van der Waals surface area contributed by atoms with E-state index in [0.717, 1.165) is 103 Å². The Morgan fingerprint density at radius 2 is 0.618 bits per heavy atom. The fraction of sp³-hybridized carbons (Fsp3) is 0.263. The summed E-state index contributed by atoms with van der Waals surface area (Å²) >= 11 is 0. The Bertz CT molecular complexity index is 5440. The van der Waals surface area contributed by atoms with Gasteiger partial charge in [-0.15, -0.1) is 0 Å². The zero-order valence-electron chi connectivity index (χ0n) is 69.1. The Labute approximate surface area is 618 Å². The number of pyridine rings is 3. The Morgan fingerprint density at radius 1 is 0.265 bits per heavy atom. The Morgan fingerprint density at radius 3 is 1.04 bits per heavy atom. The average Bonchev–Trinajstić information content (AvgIpc) is 0.728. The first-order valence-electron chi connectivity index (χ1n) is 39.9. The quantitative estimate of drug-likeness (QED) is 0.122. The molecule has 2 atom stereocenters. The molecule has 10 aromatic carbocycles. The minimum atomic E-state index is -0.495. The molecule has 1 aliphatic carbocycles. The molecule has 3 aromatic heterocycles. The highest BCUT2D eigenvalue weighted by molar-refractivity contribution is 6.02. The lowest BCUT2D eigenvalue weighted by molar-refractivity contribution is 0.352. The minimum absolute atomic E-state index is 0.0281. The van der Waals surface area contributed by atoms with Crippen LogP contribution in [0.2, 0.25) is 0 Å². The molecule has 14 rings (SSSR count). The summed E-state index contributed by atoms with van der Waals surface area (Å²) in [5.74, 6) is -0.163. The van der Waals surface area contributed by atoms with Crippen molar-refractivity contribution >= 4 is 10.8 Å². The van der Waals surface area contributed by atoms with Gasteiger partial charge in [0.05, 0.1) is 26.7 Å². The third-order valence-electron chi connectivity index (χ3n) is 21.3. The van der Waals surface area contributed by atoms with Crippen molar-refractivity contribution in [1.82, 2.24) is 15.0 Å². The van der Waals surface area contributed by atoms with Crippen LogP contribution < -0.4 is 0 Å². The number of aromatic nitrogens is 3. The van der Waals surface area contributed by atoms with Crippen molar-refractivity contribution < 1.29 is 9.60 Å². The summed E-state index contributed by atoms with van der Waals surface area (Å²) in [4.78, 5) is 15.0. The van der Waals surface area contributed by atoms with E-state index in [1.807, 2.05) is 30.7 Å². The molecule has 102 heavy (non-hydrogen) atoms. The van der Waals surface area contributed by atoms with E-state index in [9.17, 15) is 6.85 Å². The second kappa shape index (κ2) is 27.4. The van der Waals surface area contributed by atoms with E-state index in [0.29, 0.717) is 11.3 Å². The third-order valence-corrected chi connectivity index (χ3v) is 21.3. The smallest absolute Gasteiger partial charge is 0.0705 e. The van der Waals surface area contributed by atoms with Crippen molar-refractivity contribution in [2.45, 2.75) is 168 Å². The van der Waals surface area contributed by atoms with Gasteiger partial charge in [-0.05, 0) is 241 Å². The van der Waals surface area contributed by atoms with Gasteiger partial charge in [0.25, 0.3) is 0 Å². The number of nitrogens with zero attached hydrogens (tertiary/aromatic N) is 3. The lowest BCUT2D eigenvalue weighted by atomic mass is 9.65. The molecule has 3 heterocycles. The highest BCUT2D eigenvalue weighted by atomic mass is 14.7. The second-order valence-corrected chi connectivity index (χ2v) is 33.5. The maximum Gasteiger partial charge on any atom is 0.0705 e. The molecule has 510 valence electrons. The molecule has 0 spiro atoms. The predicted octanol–water partition coefficient (Wildman–Crippen LogP) is 27.4. The van der Waals surface area contributed by atoms with Crippen LogP contribution >= 0.6 is 0 Å². The fourth-order valence-electron chi connectivity index (χ4n) is 15.3. The summed E-state index contributed by atoms with van der Waals surface area (Å²) in [5.41, 5.74) is 25.7. The van der Waals surface area contributed by atoms with Crippen LogP contribution in [-0.4, -0.2) is 15.0 Å². The van der Waals surface area contributed by atoms with E-state index in [4.69, 9.17) is 17.7 Å². The van der Waals surface area contributed by atoms with Gasteiger partial charge in [-0.2, -0.15) is 0 Å². The van der Waals surface area contributed by atoms with Gasteiger partial charge in [0, 0.05) is 35.3 Å². The Kier molecular flexibility index (Phi) is 16.3. The number of benzene rings is 10. The van der Waals surface area contributed by atoms with Gasteiger partial charge in [0.15, 0.2) is 0 Å². The minimum Gasteiger partial charge on any atom is -0.256 e. The summed E-state index contributed by atoms with van der Waals surface area (Å²) in [6.45, 7) is 33.8. The molecule has 3 nitrogen and oxygen atoms in total. The van der Waals surface area contributed by atoms with Crippen LogP contribution in [0, 0.1) is 0 Å². The van der Waals surface area contributed by atoms with E-state index < -0.39 is 30.2 Å². The van der Waals surface area contributed by atoms with Crippen molar-refractivity contribution in [2.24, 2.45) is 0 Å². The molecule has 1 saturated carbocycles. The molecule has 2 unspecified atom stereocenters. The predicted molar refractivity (Wildman–Crippen MR) is 435 cm³/mol. The van der Waals surface area contributed by atoms with Crippen LogP contribution in [0.15, 0.2) is 273 Å². The number of hydrogen-bond donors (Lipinski definition) is 0. The summed E-state index contributed by atoms with van der Waals surface area (Å²) in [7, 11) is 0. The molecule has 0 saturated heterocycles. The van der Waals surface area contributed by atoms with Gasteiger partial charge in [-0.3, -0.25) is 15.0 Å². The molecule has 3 heteroatoms. The summed E-state index contributed by atoms with van der Waals surface area (Å²) < 4.78 is 65.9. The van der Waals surface area contributed by atoms with Crippen molar-refractivity contribution in [3.05, 3.63) is 318 Å². The molecule has 0 amide bonds. The van der Waals surface area contributed by atoms with Gasteiger partial charge in [-0.25, -0.2) is 0 Å². The Balaban J connectivity index is 1.04. The van der Waals surface area contributed by atoms with Crippen molar-refractivity contribution in [3.8, 4) is 101 Å². The molecule has 0 N–H and O–H groups in total. The number of fused-ring (bicyclic) bond motifs is 1. The van der Waals surface area contributed by atoms with Gasteiger partial charge in [0.1, 0.15) is 0 Å². The molecule has 13 aromatic rings. The van der Waals surface area contributed by atoms with Crippen LogP contribution in [0.25, 0.3) is 111 Å². The SMILES string of the molecule is [2H]c1c([2H])c([2H])c2c(-c3cc(-c4cc(C(C)(C)C)ccn4)ccc3-c3ccccc3C3CC(c4ccc(C(C)(C)C)cc4-c4ccc(-c5cc(C(C)(C)C)ccn5)cc4-c4ccccc4)CC(c4ccc(C(C)(C)C)cc4-c4ccc(-c5cc(C(C)(C)C)ccn5)cc4-c4ccccc4)C3)c([2H])c([2H])c([2H])c2c1[2H]. The zero-order valence-corrected chi connectivity index (χ0v) is 62.1. The standard InChI is InChI=1S/C99H99N3/c1-95(2,3)73-40-45-80(90(59-73)85-43-38-67(56-87(85)65-27-18-16-19-28-65)92-61-75(47-50-100-92)97(7,8)9)71-53-70(79-34-24-25-35-82(79)84-42-37-69(94-63-77(49-52-102-94)99(13,14)15)58-89(84)83-36-26-32-64-31-22-23-33-78(64)83)54-72(55-71)81-46-41-74(96(4,5)6)60-91(81)86-44-39-68(57-88(86)66-29-20-17-21-30-66)93-62-76(48-51-101-93)98(10,11)12/h16-52,56-63,70-72H,53-55H2,1-15H3/i22D,23D,26D,31D,32D,33D,36D. The van der Waals surface area contributed by atoms with Crippen LogP contribution in [0.5, 0.6) is 0 Å². The molecule has 1 fully saturated rings. The van der Waals surface area contributed by atoms with E-state index in [-0.39, 0.29) is 73.2 Å². The fourth-order valence-corrected chi connectivity index (χ4v) is 15.3. The zero-order chi connectivity index (χ0) is 77.6. The summed E-state index contributed by atoms with van der Waals surface area (Å²) in [6.07, 6.45) is 8.05. The van der Waals surface area contributed by atoms with E-state index in [1.165, 1.54) is 44.5 Å². The lowest BCUT2D eigenvalue weighted by Gasteiger charge is -2.39. The average molecular weight is 1340 g/mol. The highest BCUT2D eigenvalue weighted by Crippen LogP contribution is 2.56. The van der Waals surface area contributed by atoms with Crippen LogP contribution in [0.4, 0.5) is 0 Å². The van der Waals surface area contributed by atoms with Crippen LogP contribution in [0.1, 0.15) is 195 Å². The molecule has 0 bridgehead atoms. The molecule has 1 aliphatic rings. The highest BCUT2D eigenvalue weighted by Gasteiger charge is 2.37. The van der Waals surface area contributed by atoms with Crippen molar-refractivity contribution in [3.63, 3.8) is 0 Å². The first-order chi connectivity index (χ1) is 51.6. The molecular weight excluding hydrogens is 1230 g/mol. The van der Waals surface area contributed by atoms with Crippen molar-refractivity contribution in [2.75, 3.05) is 0 Å². The molecular formula is C99H99N3. The number of rotatable bonds is 12. The first kappa shape index (κ1) is 60.7. The van der Waals surface area contributed by atoms with Crippen LogP contribution in [-0.2, 0) is 27.1 Å². The maximum absolute atomic E-state index is 10.0. The van der Waals surface area contributed by atoms with Gasteiger partial charge in [0.2, 0.25) is 0 Å². The third kappa shape index (κ3) is 14.3. The second-order valence-electron chi connectivity index (χ2n) is 33.5. The summed E-state index contributed by atoms with van der Waals surface area (Å²) in [5, 5.41) is -0.0540. The van der Waals surface area contributed by atoms with Crippen molar-refractivity contribution in [1.29, 1.82) is 0 Å². The van der Waals surface area contributed by atoms with Gasteiger partial charge in [-0.1, -0.05) is 304 Å². The number of hydrogen-bond acceptors (Lipinski definition) is 3. The van der Waals surface area contributed by atoms with Gasteiger partial charge >= 0.3 is 0 Å². The van der Waals surface area contributed by atoms with E-state index in [1.54, 1.807) is 0 Å². The molecule has 0 radical (unpaired) electrons. The molecule has 0 aliphatic heterocycles. The Hall–Kier alpha value is -10.1. The monoisotopic (exact) mass is 1340 g/mol. The lowest BCUT2D eigenvalue weighted by Crippen LogP contribution is -2.22. The maximum atomic E-state index is 10.0.